The molecule has 0 bridgehead atoms. The molecular weight excluding hydrogens is 412 g/mol. The van der Waals surface area contributed by atoms with E-state index in [1.165, 1.54) is 0 Å². The largest absolute Gasteiger partial charge is 0.497 e. The average molecular weight is 443 g/mol. The fraction of sp³-hybridized carbons (Fsp3) is 0.440. The van der Waals surface area contributed by atoms with Crippen LogP contribution in [0, 0.1) is 0 Å². The Balaban J connectivity index is 1.84. The van der Waals surface area contributed by atoms with E-state index >= 15 is 0 Å². The molecule has 0 heterocycles. The summed E-state index contributed by atoms with van der Waals surface area (Å²) in [7, 11) is 1.61. The van der Waals surface area contributed by atoms with Gasteiger partial charge in [-0.25, -0.2) is 0 Å². The van der Waals surface area contributed by atoms with Crippen molar-refractivity contribution >= 4 is 23.4 Å². The minimum atomic E-state index is -0.540. The van der Waals surface area contributed by atoms with Crippen molar-refractivity contribution in [3.8, 4) is 5.75 Å². The Morgan fingerprint density at radius 1 is 1.16 bits per heavy atom. The molecule has 6 heteroatoms. The summed E-state index contributed by atoms with van der Waals surface area (Å²) in [5.74, 6) is 0.522. The predicted molar refractivity (Wildman–Crippen MR) is 123 cm³/mol. The zero-order valence-electron chi connectivity index (χ0n) is 18.3. The fourth-order valence-corrected chi connectivity index (χ4v) is 4.36. The van der Waals surface area contributed by atoms with Gasteiger partial charge in [0.25, 0.3) is 0 Å². The summed E-state index contributed by atoms with van der Waals surface area (Å²) >= 11 is 6.30. The minimum absolute atomic E-state index is 0.0789. The zero-order valence-corrected chi connectivity index (χ0v) is 19.0. The Kier molecular flexibility index (Phi) is 8.35. The summed E-state index contributed by atoms with van der Waals surface area (Å²) in [6, 6.07) is 14.6. The van der Waals surface area contributed by atoms with Crippen LogP contribution in [0.25, 0.3) is 0 Å². The number of ether oxygens (including phenoxy) is 1. The quantitative estimate of drug-likeness (QED) is 0.609. The number of nitrogens with one attached hydrogen (secondary N) is 1. The second-order valence-electron chi connectivity index (χ2n) is 8.06. The lowest BCUT2D eigenvalue weighted by Crippen LogP contribution is -2.51. The Bertz CT molecular complexity index is 896. The van der Waals surface area contributed by atoms with E-state index in [1.54, 1.807) is 18.1 Å². The van der Waals surface area contributed by atoms with Gasteiger partial charge in [0.1, 0.15) is 11.8 Å². The molecule has 0 aromatic heterocycles. The number of hydrogen-bond acceptors (Lipinski definition) is 3. The van der Waals surface area contributed by atoms with Crippen LogP contribution in [-0.4, -0.2) is 35.9 Å². The maximum Gasteiger partial charge on any atom is 0.243 e. The van der Waals surface area contributed by atoms with Gasteiger partial charge in [0.15, 0.2) is 0 Å². The number of nitrogens with zero attached hydrogens (tertiary/aromatic N) is 1. The molecule has 2 aromatic carbocycles. The highest BCUT2D eigenvalue weighted by Crippen LogP contribution is 2.22. The molecule has 5 nitrogen and oxygen atoms in total. The van der Waals surface area contributed by atoms with Crippen LogP contribution in [-0.2, 0) is 22.6 Å². The number of amides is 2. The first-order valence-corrected chi connectivity index (χ1v) is 11.4. The van der Waals surface area contributed by atoms with Crippen molar-refractivity contribution in [2.75, 3.05) is 7.11 Å². The number of methoxy groups -OCH3 is 1. The van der Waals surface area contributed by atoms with Crippen molar-refractivity contribution in [2.24, 2.45) is 0 Å². The molecule has 1 fully saturated rings. The van der Waals surface area contributed by atoms with Crippen molar-refractivity contribution in [1.29, 1.82) is 0 Å². The van der Waals surface area contributed by atoms with E-state index < -0.39 is 6.04 Å². The normalized spacial score (nSPS) is 14.8. The van der Waals surface area contributed by atoms with E-state index in [2.05, 4.69) is 5.32 Å². The molecule has 0 aliphatic heterocycles. The third-order valence-corrected chi connectivity index (χ3v) is 6.24. The van der Waals surface area contributed by atoms with Crippen LogP contribution in [0.4, 0.5) is 0 Å². The molecule has 1 aliphatic carbocycles. The van der Waals surface area contributed by atoms with Crippen molar-refractivity contribution in [3.05, 3.63) is 64.7 Å². The Morgan fingerprint density at radius 3 is 2.58 bits per heavy atom. The van der Waals surface area contributed by atoms with Crippen LogP contribution < -0.4 is 10.1 Å². The number of carbonyl (C=O) groups excluding carboxylic acids is 2. The summed E-state index contributed by atoms with van der Waals surface area (Å²) in [4.78, 5) is 28.3. The lowest BCUT2D eigenvalue weighted by molar-refractivity contribution is -0.141. The molecule has 2 aromatic rings. The van der Waals surface area contributed by atoms with E-state index in [1.807, 2.05) is 49.4 Å². The lowest BCUT2D eigenvalue weighted by atomic mass is 10.1. The second-order valence-corrected chi connectivity index (χ2v) is 8.46. The van der Waals surface area contributed by atoms with E-state index in [-0.39, 0.29) is 24.3 Å². The van der Waals surface area contributed by atoms with Crippen LogP contribution in [0.15, 0.2) is 48.5 Å². The minimum Gasteiger partial charge on any atom is -0.497 e. The smallest absolute Gasteiger partial charge is 0.243 e. The molecule has 3 rings (SSSR count). The van der Waals surface area contributed by atoms with Gasteiger partial charge in [0.05, 0.1) is 13.5 Å². The summed E-state index contributed by atoms with van der Waals surface area (Å²) in [6.45, 7) is 2.28. The highest BCUT2D eigenvalue weighted by Gasteiger charge is 2.30. The van der Waals surface area contributed by atoms with Crippen LogP contribution in [0.1, 0.15) is 50.2 Å². The van der Waals surface area contributed by atoms with E-state index in [0.29, 0.717) is 18.0 Å². The topological polar surface area (TPSA) is 58.6 Å². The van der Waals surface area contributed by atoms with E-state index in [4.69, 9.17) is 16.3 Å². The summed E-state index contributed by atoms with van der Waals surface area (Å²) in [5.41, 5.74) is 1.68. The van der Waals surface area contributed by atoms with Gasteiger partial charge in [-0.15, -0.1) is 0 Å². The van der Waals surface area contributed by atoms with Crippen LogP contribution in [0.3, 0.4) is 0 Å². The second kappa shape index (κ2) is 11.2. The first-order valence-electron chi connectivity index (χ1n) is 11.0. The van der Waals surface area contributed by atoms with Gasteiger partial charge in [-0.2, -0.15) is 0 Å². The average Bonchev–Trinajstić information content (AvgIpc) is 3.28. The number of rotatable bonds is 9. The van der Waals surface area contributed by atoms with E-state index in [0.717, 1.165) is 42.6 Å². The molecule has 1 atom stereocenters. The van der Waals surface area contributed by atoms with E-state index in [9.17, 15) is 9.59 Å². The highest BCUT2D eigenvalue weighted by atomic mass is 35.5. The standard InChI is InChI=1S/C25H31ClN2O3/c1-3-23(25(30)27-20-11-5-6-12-20)28(17-18-9-8-13-21(15-18)31-2)24(29)16-19-10-4-7-14-22(19)26/h4,7-10,13-15,20,23H,3,5-6,11-12,16-17H2,1-2H3,(H,27,30). The number of hydrogen-bond donors (Lipinski definition) is 1. The third kappa shape index (κ3) is 6.23. The lowest BCUT2D eigenvalue weighted by Gasteiger charge is -2.31. The van der Waals surface area contributed by atoms with Gasteiger partial charge in [0, 0.05) is 17.6 Å². The third-order valence-electron chi connectivity index (χ3n) is 5.87. The molecule has 1 saturated carbocycles. The van der Waals surface area contributed by atoms with Crippen molar-refractivity contribution in [2.45, 2.75) is 64.1 Å². The molecule has 1 N–H and O–H groups in total. The zero-order chi connectivity index (χ0) is 22.2. The monoisotopic (exact) mass is 442 g/mol. The number of benzene rings is 2. The molecule has 1 unspecified atom stereocenters. The van der Waals surface area contributed by atoms with Gasteiger partial charge in [-0.05, 0) is 48.6 Å². The maximum absolute atomic E-state index is 13.4. The Morgan fingerprint density at radius 2 is 1.90 bits per heavy atom. The first kappa shape index (κ1) is 23.1. The molecule has 166 valence electrons. The summed E-state index contributed by atoms with van der Waals surface area (Å²) < 4.78 is 5.33. The van der Waals surface area contributed by atoms with Crippen LogP contribution in [0.5, 0.6) is 5.75 Å². The molecule has 0 spiro atoms. The Labute approximate surface area is 189 Å². The van der Waals surface area contributed by atoms with Crippen molar-refractivity contribution < 1.29 is 14.3 Å². The first-order chi connectivity index (χ1) is 15.0. The van der Waals surface area contributed by atoms with Gasteiger partial charge < -0.3 is 15.0 Å². The fourth-order valence-electron chi connectivity index (χ4n) is 4.16. The molecule has 31 heavy (non-hydrogen) atoms. The maximum atomic E-state index is 13.4. The molecular formula is C25H31ClN2O3. The van der Waals surface area contributed by atoms with Gasteiger partial charge in [-0.3, -0.25) is 9.59 Å². The molecule has 0 saturated heterocycles. The van der Waals surface area contributed by atoms with Crippen LogP contribution in [0.2, 0.25) is 5.02 Å². The summed E-state index contributed by atoms with van der Waals surface area (Å²) in [6.07, 6.45) is 4.98. The SMILES string of the molecule is CCC(C(=O)NC1CCCC1)N(Cc1cccc(OC)c1)C(=O)Cc1ccccc1Cl. The molecule has 1 aliphatic rings. The number of halogens is 1. The summed E-state index contributed by atoms with van der Waals surface area (Å²) in [5, 5.41) is 3.72. The number of carbonyl (C=O) groups is 2. The highest BCUT2D eigenvalue weighted by molar-refractivity contribution is 6.31. The van der Waals surface area contributed by atoms with Gasteiger partial charge >= 0.3 is 0 Å². The molecule has 2 amide bonds. The predicted octanol–water partition coefficient (Wildman–Crippen LogP) is 4.76. The van der Waals surface area contributed by atoms with Gasteiger partial charge in [-0.1, -0.05) is 61.7 Å². The Hall–Kier alpha value is -2.53. The van der Waals surface area contributed by atoms with Crippen LogP contribution >= 0.6 is 11.6 Å². The van der Waals surface area contributed by atoms with Gasteiger partial charge in [0.2, 0.25) is 11.8 Å². The van der Waals surface area contributed by atoms with Crippen molar-refractivity contribution in [1.82, 2.24) is 10.2 Å². The molecule has 0 radical (unpaired) electrons. The van der Waals surface area contributed by atoms with Crippen molar-refractivity contribution in [3.63, 3.8) is 0 Å².